The molecule has 4 N–H and O–H groups in total. The lowest BCUT2D eigenvalue weighted by atomic mass is 9.95. The number of aliphatic carboxylic acids is 2. The van der Waals surface area contributed by atoms with Gasteiger partial charge in [0.15, 0.2) is 5.60 Å². The minimum Gasteiger partial charge on any atom is -0.481 e. The summed E-state index contributed by atoms with van der Waals surface area (Å²) in [5.41, 5.74) is 0.458. The van der Waals surface area contributed by atoms with Crippen LogP contribution in [0.2, 0.25) is 0 Å². The molecular formula is C24H26N4O6. The fraction of sp³-hybridized carbons (Fsp3) is 0.333. The fourth-order valence-corrected chi connectivity index (χ4v) is 3.85. The molecule has 1 saturated heterocycles. The first-order valence-electron chi connectivity index (χ1n) is 10.7. The van der Waals surface area contributed by atoms with Gasteiger partial charge in [0.25, 0.3) is 0 Å². The summed E-state index contributed by atoms with van der Waals surface area (Å²) in [7, 11) is 0. The summed E-state index contributed by atoms with van der Waals surface area (Å²) in [5.74, 6) is -4.08. The number of carboxylic acid groups (broad SMARTS) is 2. The number of carboxylic acids is 2. The summed E-state index contributed by atoms with van der Waals surface area (Å²) in [6, 6.07) is 16.8. The third-order valence-electron chi connectivity index (χ3n) is 5.65. The highest BCUT2D eigenvalue weighted by Gasteiger charge is 2.40. The molecule has 0 aromatic heterocycles. The van der Waals surface area contributed by atoms with Gasteiger partial charge in [0.05, 0.1) is 24.5 Å². The fourth-order valence-electron chi connectivity index (χ4n) is 3.85. The Kier molecular flexibility index (Phi) is 7.83. The number of rotatable bonds is 9. The van der Waals surface area contributed by atoms with Gasteiger partial charge in [-0.1, -0.05) is 12.1 Å². The summed E-state index contributed by atoms with van der Waals surface area (Å²) in [5, 5.41) is 39.4. The molecule has 1 aliphatic heterocycles. The maximum Gasteiger partial charge on any atom is 0.336 e. The van der Waals surface area contributed by atoms with Crippen LogP contribution in [0.1, 0.15) is 24.0 Å². The number of benzene rings is 2. The van der Waals surface area contributed by atoms with Gasteiger partial charge in [0.1, 0.15) is 0 Å². The molecule has 10 nitrogen and oxygen atoms in total. The summed E-state index contributed by atoms with van der Waals surface area (Å²) >= 11 is 0. The lowest BCUT2D eigenvalue weighted by Crippen LogP contribution is -2.46. The van der Waals surface area contributed by atoms with E-state index >= 15 is 0 Å². The highest BCUT2D eigenvalue weighted by molar-refractivity contribution is 5.96. The number of carbonyl (C=O) groups excluding carboxylic acids is 1. The molecule has 3 rings (SSSR count). The molecule has 2 aromatic rings. The maximum absolute atomic E-state index is 12.2. The summed E-state index contributed by atoms with van der Waals surface area (Å²) in [6.07, 6.45) is -1.96. The number of anilines is 2. The molecular weight excluding hydrogens is 440 g/mol. The van der Waals surface area contributed by atoms with Crippen molar-refractivity contribution in [3.63, 3.8) is 0 Å². The van der Waals surface area contributed by atoms with Crippen LogP contribution in [0.5, 0.6) is 0 Å². The van der Waals surface area contributed by atoms with E-state index in [-0.39, 0.29) is 0 Å². The van der Waals surface area contributed by atoms with Crippen molar-refractivity contribution >= 4 is 29.2 Å². The smallest absolute Gasteiger partial charge is 0.336 e. The SMILES string of the molecule is N#Cc1cccc(CN2CCN(c3ccc(NC(=O)CC(O)(CC(=O)O)C(=O)O)cc3)CC2)c1. The van der Waals surface area contributed by atoms with E-state index in [0.717, 1.165) is 44.0 Å². The quantitative estimate of drug-likeness (QED) is 0.430. The average Bonchev–Trinajstić information content (AvgIpc) is 2.79. The molecule has 1 amide bonds. The Morgan fingerprint density at radius 3 is 2.26 bits per heavy atom. The highest BCUT2D eigenvalue weighted by atomic mass is 16.4. The molecule has 1 unspecified atom stereocenters. The van der Waals surface area contributed by atoms with E-state index in [2.05, 4.69) is 21.2 Å². The molecule has 0 aliphatic carbocycles. The molecule has 1 aliphatic rings. The first-order chi connectivity index (χ1) is 16.2. The Balaban J connectivity index is 1.52. The van der Waals surface area contributed by atoms with Crippen molar-refractivity contribution in [2.24, 2.45) is 0 Å². The largest absolute Gasteiger partial charge is 0.481 e. The van der Waals surface area contributed by atoms with E-state index in [0.29, 0.717) is 11.3 Å². The Morgan fingerprint density at radius 2 is 1.68 bits per heavy atom. The normalized spacial score (nSPS) is 15.7. The molecule has 1 atom stereocenters. The van der Waals surface area contributed by atoms with Crippen LogP contribution < -0.4 is 10.2 Å². The molecule has 10 heteroatoms. The predicted octanol–water partition coefficient (Wildman–Crippen LogP) is 1.50. The van der Waals surface area contributed by atoms with Gasteiger partial charge in [0, 0.05) is 44.1 Å². The number of carbonyl (C=O) groups is 3. The van der Waals surface area contributed by atoms with Gasteiger partial charge >= 0.3 is 11.9 Å². The second kappa shape index (κ2) is 10.8. The zero-order valence-electron chi connectivity index (χ0n) is 18.5. The molecule has 178 valence electrons. The van der Waals surface area contributed by atoms with Crippen molar-refractivity contribution in [3.8, 4) is 6.07 Å². The Labute approximate surface area is 196 Å². The van der Waals surface area contributed by atoms with Crippen molar-refractivity contribution in [2.75, 3.05) is 36.4 Å². The van der Waals surface area contributed by atoms with Crippen molar-refractivity contribution in [3.05, 3.63) is 59.7 Å². The molecule has 2 aromatic carbocycles. The number of aliphatic hydroxyl groups is 1. The zero-order chi connectivity index (χ0) is 24.7. The van der Waals surface area contributed by atoms with Gasteiger partial charge in [-0.05, 0) is 42.0 Å². The van der Waals surface area contributed by atoms with Crippen LogP contribution in [0.3, 0.4) is 0 Å². The second-order valence-corrected chi connectivity index (χ2v) is 8.25. The van der Waals surface area contributed by atoms with Crippen LogP contribution in [0.25, 0.3) is 0 Å². The Bertz CT molecular complexity index is 1090. The van der Waals surface area contributed by atoms with Crippen molar-refractivity contribution in [1.29, 1.82) is 5.26 Å². The predicted molar refractivity (Wildman–Crippen MR) is 123 cm³/mol. The first kappa shape index (κ1) is 24.7. The van der Waals surface area contributed by atoms with Crippen LogP contribution in [-0.4, -0.2) is 69.8 Å². The molecule has 1 heterocycles. The molecule has 0 spiro atoms. The summed E-state index contributed by atoms with van der Waals surface area (Å²) < 4.78 is 0. The lowest BCUT2D eigenvalue weighted by Gasteiger charge is -2.36. The Morgan fingerprint density at radius 1 is 1.00 bits per heavy atom. The standard InChI is InChI=1S/C24H26N4O6/c25-15-17-2-1-3-18(12-17)16-27-8-10-28(11-9-27)20-6-4-19(5-7-20)26-21(29)13-24(34,23(32)33)14-22(30)31/h1-7,12,34H,8-11,13-14,16H2,(H,26,29)(H,30,31)(H,32,33). The third-order valence-corrected chi connectivity index (χ3v) is 5.65. The van der Waals surface area contributed by atoms with Crippen LogP contribution in [0.4, 0.5) is 11.4 Å². The van der Waals surface area contributed by atoms with Gasteiger partial charge in [-0.3, -0.25) is 14.5 Å². The molecule has 34 heavy (non-hydrogen) atoms. The number of piperazine rings is 1. The van der Waals surface area contributed by atoms with Gasteiger partial charge in [0.2, 0.25) is 5.91 Å². The monoisotopic (exact) mass is 466 g/mol. The van der Waals surface area contributed by atoms with E-state index < -0.39 is 36.3 Å². The van der Waals surface area contributed by atoms with Crippen LogP contribution in [-0.2, 0) is 20.9 Å². The molecule has 1 fully saturated rings. The van der Waals surface area contributed by atoms with Crippen LogP contribution in [0, 0.1) is 11.3 Å². The van der Waals surface area contributed by atoms with Gasteiger partial charge in [-0.2, -0.15) is 5.26 Å². The number of hydrogen-bond donors (Lipinski definition) is 4. The molecule has 0 saturated carbocycles. The van der Waals surface area contributed by atoms with Gasteiger partial charge < -0.3 is 25.5 Å². The van der Waals surface area contributed by atoms with Crippen molar-refractivity contribution in [1.82, 2.24) is 4.90 Å². The van der Waals surface area contributed by atoms with E-state index in [1.807, 2.05) is 30.3 Å². The van der Waals surface area contributed by atoms with E-state index in [4.69, 9.17) is 15.5 Å². The highest BCUT2D eigenvalue weighted by Crippen LogP contribution is 2.22. The van der Waals surface area contributed by atoms with Crippen molar-refractivity contribution in [2.45, 2.75) is 25.0 Å². The third kappa shape index (κ3) is 6.54. The van der Waals surface area contributed by atoms with Gasteiger partial charge in [-0.15, -0.1) is 0 Å². The topological polar surface area (TPSA) is 154 Å². The number of nitriles is 1. The second-order valence-electron chi connectivity index (χ2n) is 8.25. The van der Waals surface area contributed by atoms with Crippen molar-refractivity contribution < 1.29 is 29.7 Å². The van der Waals surface area contributed by atoms with Gasteiger partial charge in [-0.25, -0.2) is 4.79 Å². The maximum atomic E-state index is 12.2. The van der Waals surface area contributed by atoms with Crippen LogP contribution in [0.15, 0.2) is 48.5 Å². The van der Waals surface area contributed by atoms with Crippen LogP contribution >= 0.6 is 0 Å². The van der Waals surface area contributed by atoms with E-state index in [1.165, 1.54) is 0 Å². The number of nitrogens with one attached hydrogen (secondary N) is 1. The minimum absolute atomic E-state index is 0.410. The number of nitrogens with zero attached hydrogens (tertiary/aromatic N) is 3. The lowest BCUT2D eigenvalue weighted by molar-refractivity contribution is -0.167. The van der Waals surface area contributed by atoms with E-state index in [1.54, 1.807) is 18.2 Å². The Hall–Kier alpha value is -3.94. The first-order valence-corrected chi connectivity index (χ1v) is 10.7. The number of hydrogen-bond acceptors (Lipinski definition) is 7. The average molecular weight is 466 g/mol. The molecule has 0 radical (unpaired) electrons. The minimum atomic E-state index is -2.68. The summed E-state index contributed by atoms with van der Waals surface area (Å²) in [6.45, 7) is 4.10. The molecule has 0 bridgehead atoms. The zero-order valence-corrected chi connectivity index (χ0v) is 18.5. The van der Waals surface area contributed by atoms with E-state index in [9.17, 15) is 19.5 Å². The summed E-state index contributed by atoms with van der Waals surface area (Å²) in [4.78, 5) is 38.7. The number of amides is 1.